The summed E-state index contributed by atoms with van der Waals surface area (Å²) < 4.78 is 14.0. The van der Waals surface area contributed by atoms with Gasteiger partial charge in [-0.3, -0.25) is 34.0 Å². The molecule has 4 atom stereocenters. The zero-order chi connectivity index (χ0) is 46.7. The number of ether oxygens (including phenoxy) is 2. The molecule has 7 rings (SSSR count). The predicted molar refractivity (Wildman–Crippen MR) is 247 cm³/mol. The van der Waals surface area contributed by atoms with Crippen molar-refractivity contribution in [3.05, 3.63) is 84.1 Å². The van der Waals surface area contributed by atoms with E-state index < -0.39 is 47.2 Å². The Morgan fingerprint density at radius 2 is 1.89 bits per heavy atom. The molecule has 0 radical (unpaired) electrons. The number of cyclic esters (lactones) is 1. The summed E-state index contributed by atoms with van der Waals surface area (Å²) in [4.78, 5) is 77.2. The number of esters is 1. The number of hydrazine groups is 1. The number of aromatic nitrogens is 2. The smallest absolute Gasteiger partial charge is 0.324 e. The van der Waals surface area contributed by atoms with Crippen molar-refractivity contribution in [1.29, 1.82) is 0 Å². The Kier molecular flexibility index (Phi) is 14.1. The van der Waals surface area contributed by atoms with Crippen LogP contribution in [0.4, 0.5) is 0 Å². The van der Waals surface area contributed by atoms with Crippen molar-refractivity contribution in [2.75, 3.05) is 40.4 Å². The van der Waals surface area contributed by atoms with Gasteiger partial charge < -0.3 is 34.3 Å². The van der Waals surface area contributed by atoms with E-state index in [1.807, 2.05) is 38.1 Å². The molecule has 346 valence electrons. The summed E-state index contributed by atoms with van der Waals surface area (Å²) in [6.07, 6.45) is 4.94. The summed E-state index contributed by atoms with van der Waals surface area (Å²) in [5.41, 5.74) is 9.43. The van der Waals surface area contributed by atoms with Gasteiger partial charge in [-0.05, 0) is 97.2 Å². The maximum atomic E-state index is 14.7. The molecule has 65 heavy (non-hydrogen) atoms. The Balaban J connectivity index is 1.30. The molecule has 0 spiro atoms. The maximum absolute atomic E-state index is 14.7. The van der Waals surface area contributed by atoms with Gasteiger partial charge >= 0.3 is 5.97 Å². The summed E-state index contributed by atoms with van der Waals surface area (Å²) in [7, 11) is 3.24. The Hall–Kier alpha value is -6.06. The van der Waals surface area contributed by atoms with Gasteiger partial charge in [0, 0.05) is 74.8 Å². The number of phenols is 1. The second kappa shape index (κ2) is 19.6. The van der Waals surface area contributed by atoms with Crippen LogP contribution in [0.2, 0.25) is 0 Å². The average molecular weight is 890 g/mol. The zero-order valence-electron chi connectivity index (χ0n) is 38.7. The second-order valence-electron chi connectivity index (χ2n) is 18.8. The normalized spacial score (nSPS) is 20.6. The molecule has 0 saturated carbocycles. The molecular formula is C50H63N7O8. The average Bonchev–Trinajstić information content (AvgIpc) is 3.90. The molecule has 4 aromatic rings. The third-order valence-electron chi connectivity index (χ3n) is 13.0. The lowest BCUT2D eigenvalue weighted by molar-refractivity contribution is -0.155. The fraction of sp³-hybridized carbons (Fsp3) is 0.480. The van der Waals surface area contributed by atoms with E-state index in [1.54, 1.807) is 37.4 Å². The Morgan fingerprint density at radius 3 is 2.62 bits per heavy atom. The van der Waals surface area contributed by atoms with Crippen molar-refractivity contribution in [3.63, 3.8) is 0 Å². The van der Waals surface area contributed by atoms with Crippen LogP contribution < -0.4 is 10.7 Å². The van der Waals surface area contributed by atoms with E-state index in [0.29, 0.717) is 56.5 Å². The van der Waals surface area contributed by atoms with Gasteiger partial charge in [-0.1, -0.05) is 52.5 Å². The summed E-state index contributed by atoms with van der Waals surface area (Å²) in [6.45, 7) is 15.5. The Morgan fingerprint density at radius 1 is 1.11 bits per heavy atom. The Bertz CT molecular complexity index is 2480. The van der Waals surface area contributed by atoms with E-state index in [4.69, 9.17) is 14.5 Å². The Labute approximate surface area is 381 Å². The highest BCUT2D eigenvalue weighted by Crippen LogP contribution is 2.41. The summed E-state index contributed by atoms with van der Waals surface area (Å²) in [6, 6.07) is 12.4. The van der Waals surface area contributed by atoms with Crippen LogP contribution in [-0.2, 0) is 59.4 Å². The van der Waals surface area contributed by atoms with Gasteiger partial charge in [-0.15, -0.1) is 0 Å². The van der Waals surface area contributed by atoms with Gasteiger partial charge in [0.15, 0.2) is 0 Å². The van der Waals surface area contributed by atoms with Gasteiger partial charge in [-0.2, -0.15) is 0 Å². The number of carbonyl (C=O) groups is 5. The first-order valence-electron chi connectivity index (χ1n) is 22.7. The molecule has 4 amide bonds. The first-order valence-corrected chi connectivity index (χ1v) is 22.7. The monoisotopic (exact) mass is 889 g/mol. The van der Waals surface area contributed by atoms with Crippen molar-refractivity contribution in [1.82, 2.24) is 35.1 Å². The number of likely N-dealkylation sites (N-methyl/N-ethyl adjacent to an activating group) is 1. The number of methoxy groups -OCH3 is 1. The van der Waals surface area contributed by atoms with Crippen LogP contribution in [0, 0.1) is 17.3 Å². The lowest BCUT2D eigenvalue weighted by atomic mass is 9.84. The quantitative estimate of drug-likeness (QED) is 0.138. The number of phenolic OH excluding ortho intramolecular Hbond substituents is 1. The van der Waals surface area contributed by atoms with Crippen LogP contribution in [0.25, 0.3) is 33.4 Å². The SMILES string of the molecule is C=CC(=O)N1CC[C@H](C(=O)N(C)C(C(=O)N[C@H]2Cc3cc(O)cc(c3)-c3ccc4c(c3)c(c(-c3ncccc3COC)n4CC)CC(C)(C)COC(=O)[C@@H]3CCCN(N3)C2=O)C(C)C)C1. The summed E-state index contributed by atoms with van der Waals surface area (Å²) in [5.74, 6) is -2.87. The molecule has 6 bridgehead atoms. The molecule has 2 fully saturated rings. The summed E-state index contributed by atoms with van der Waals surface area (Å²) >= 11 is 0. The number of hydrogen-bond donors (Lipinski definition) is 3. The highest BCUT2D eigenvalue weighted by atomic mass is 16.5. The van der Waals surface area contributed by atoms with Crippen LogP contribution >= 0.6 is 0 Å². The van der Waals surface area contributed by atoms with E-state index in [1.165, 1.54) is 16.0 Å². The molecule has 5 heterocycles. The number of hydrogen-bond acceptors (Lipinski definition) is 10. The first-order chi connectivity index (χ1) is 31.0. The van der Waals surface area contributed by atoms with Gasteiger partial charge in [0.05, 0.1) is 30.5 Å². The second-order valence-corrected chi connectivity index (χ2v) is 18.8. The number of amides is 4. The third-order valence-corrected chi connectivity index (χ3v) is 13.0. The van der Waals surface area contributed by atoms with Crippen molar-refractivity contribution in [2.24, 2.45) is 17.3 Å². The van der Waals surface area contributed by atoms with Gasteiger partial charge in [0.1, 0.15) is 23.9 Å². The molecule has 2 aromatic carbocycles. The number of carbonyl (C=O) groups excluding carboxylic acids is 5. The molecule has 3 N–H and O–H groups in total. The van der Waals surface area contributed by atoms with E-state index in [2.05, 4.69) is 54.8 Å². The fourth-order valence-corrected chi connectivity index (χ4v) is 9.80. The number of fused-ring (bicyclic) bond motifs is 6. The van der Waals surface area contributed by atoms with E-state index >= 15 is 0 Å². The lowest BCUT2D eigenvalue weighted by Gasteiger charge is -2.37. The number of rotatable bonds is 10. The summed E-state index contributed by atoms with van der Waals surface area (Å²) in [5, 5.41) is 16.7. The first kappa shape index (κ1) is 46.9. The molecule has 3 aliphatic heterocycles. The molecule has 15 nitrogen and oxygen atoms in total. The number of aryl methyl sites for hydroxylation is 1. The molecule has 1 unspecified atom stereocenters. The number of likely N-dealkylation sites (tertiary alicyclic amines) is 1. The minimum absolute atomic E-state index is 0.0109. The number of nitrogens with one attached hydrogen (secondary N) is 2. The van der Waals surface area contributed by atoms with Crippen LogP contribution in [0.1, 0.15) is 70.6 Å². The van der Waals surface area contributed by atoms with Crippen LogP contribution in [0.5, 0.6) is 5.75 Å². The van der Waals surface area contributed by atoms with Crippen molar-refractivity contribution >= 4 is 40.5 Å². The van der Waals surface area contributed by atoms with Crippen LogP contribution in [0.15, 0.2) is 67.4 Å². The number of nitrogens with zero attached hydrogens (tertiary/aromatic N) is 5. The van der Waals surface area contributed by atoms with E-state index in [9.17, 15) is 29.1 Å². The maximum Gasteiger partial charge on any atom is 0.324 e. The molecule has 0 aliphatic carbocycles. The van der Waals surface area contributed by atoms with E-state index in [0.717, 1.165) is 39.0 Å². The predicted octanol–water partition coefficient (Wildman–Crippen LogP) is 5.41. The molecule has 3 aliphatic rings. The van der Waals surface area contributed by atoms with Crippen LogP contribution in [-0.4, -0.2) is 118 Å². The molecule has 2 aromatic heterocycles. The molecular weight excluding hydrogens is 827 g/mol. The van der Waals surface area contributed by atoms with Gasteiger partial charge in [-0.25, -0.2) is 5.43 Å². The van der Waals surface area contributed by atoms with Crippen molar-refractivity contribution in [2.45, 2.75) is 98.0 Å². The molecule has 15 heteroatoms. The number of aromatic hydroxyl groups is 1. The number of pyridine rings is 1. The molecule has 2 saturated heterocycles. The third kappa shape index (κ3) is 9.96. The highest BCUT2D eigenvalue weighted by Gasteiger charge is 2.40. The van der Waals surface area contributed by atoms with Crippen molar-refractivity contribution in [3.8, 4) is 28.3 Å². The highest BCUT2D eigenvalue weighted by molar-refractivity contribution is 5.96. The fourth-order valence-electron chi connectivity index (χ4n) is 9.80. The standard InChI is InChI=1S/C50H63N7O8/c1-9-42(59)55-20-17-33(27-55)47(61)54(7)44(30(3)4)46(60)52-40-23-31-21-35(24-36(58)22-31)32-15-16-41-37(25-32)38(45(56(41)10-2)43-34(28-64-8)13-11-18-51-43)26-50(5,6)29-65-49(63)39-14-12-19-57(53-39)48(40)62/h9,11,13,15-16,18,21-22,24-25,30,33,39-40,44,53,58H,1,10,12,14,17,19-20,23,26-29H2,2-8H3,(H,52,60)/t33-,39-,40-,44?/m0/s1. The number of benzene rings is 2. The van der Waals surface area contributed by atoms with Gasteiger partial charge in [0.2, 0.25) is 17.7 Å². The zero-order valence-corrected chi connectivity index (χ0v) is 38.7. The lowest BCUT2D eigenvalue weighted by Crippen LogP contribution is -2.62. The topological polar surface area (TPSA) is 176 Å². The largest absolute Gasteiger partial charge is 0.508 e. The van der Waals surface area contributed by atoms with Crippen molar-refractivity contribution < 1.29 is 38.6 Å². The van der Waals surface area contributed by atoms with Gasteiger partial charge in [0.25, 0.3) is 5.91 Å². The minimum atomic E-state index is -1.16. The minimum Gasteiger partial charge on any atom is -0.508 e. The van der Waals surface area contributed by atoms with Crippen LogP contribution in [0.3, 0.4) is 0 Å². The van der Waals surface area contributed by atoms with E-state index in [-0.39, 0.29) is 49.6 Å².